The van der Waals surface area contributed by atoms with Gasteiger partial charge in [-0.2, -0.15) is 5.10 Å². The first kappa shape index (κ1) is 17.4. The molecular weight excluding hydrogens is 332 g/mol. The van der Waals surface area contributed by atoms with Gasteiger partial charge in [0.05, 0.1) is 18.3 Å². The number of aliphatic hydroxyl groups is 1. The molecular formula is C19H18N4O3. The number of nitrogens with one attached hydrogen (secondary N) is 3. The summed E-state index contributed by atoms with van der Waals surface area (Å²) >= 11 is 0. The highest BCUT2D eigenvalue weighted by molar-refractivity contribution is 6.01. The molecule has 0 saturated heterocycles. The lowest BCUT2D eigenvalue weighted by Gasteiger charge is -2.15. The maximum absolute atomic E-state index is 12.3. The number of benzene rings is 2. The Balaban J connectivity index is 1.61. The van der Waals surface area contributed by atoms with Gasteiger partial charge in [-0.3, -0.25) is 14.7 Å². The number of nitrogens with zero attached hydrogens (tertiary/aromatic N) is 1. The van der Waals surface area contributed by atoms with E-state index in [0.29, 0.717) is 5.69 Å². The van der Waals surface area contributed by atoms with Crippen molar-refractivity contribution in [2.24, 2.45) is 0 Å². The van der Waals surface area contributed by atoms with Crippen LogP contribution < -0.4 is 10.6 Å². The number of amides is 2. The van der Waals surface area contributed by atoms with Crippen LogP contribution in [0.2, 0.25) is 0 Å². The standard InChI is InChI=1S/C19H18N4O3/c24-12-17(22-18(25)9-6-13-4-2-1-3-5-13)19(26)21-15-8-7-14-11-20-23-16(14)10-15/h1-11,17,24H,12H2,(H,20,23)(H,21,26)(H,22,25). The van der Waals surface area contributed by atoms with Gasteiger partial charge in [0.1, 0.15) is 6.04 Å². The highest BCUT2D eigenvalue weighted by Crippen LogP contribution is 2.16. The van der Waals surface area contributed by atoms with E-state index < -0.39 is 24.5 Å². The predicted molar refractivity (Wildman–Crippen MR) is 99.2 cm³/mol. The molecule has 2 aromatic carbocycles. The molecule has 26 heavy (non-hydrogen) atoms. The van der Waals surface area contributed by atoms with Crippen molar-refractivity contribution >= 4 is 34.5 Å². The van der Waals surface area contributed by atoms with Crippen LogP contribution in [0.15, 0.2) is 60.8 Å². The lowest BCUT2D eigenvalue weighted by Crippen LogP contribution is -2.45. The summed E-state index contributed by atoms with van der Waals surface area (Å²) in [5.74, 6) is -0.972. The number of hydrogen-bond acceptors (Lipinski definition) is 4. The second kappa shape index (κ2) is 8.09. The van der Waals surface area contributed by atoms with Crippen LogP contribution in [0.1, 0.15) is 5.56 Å². The van der Waals surface area contributed by atoms with Crippen LogP contribution >= 0.6 is 0 Å². The van der Waals surface area contributed by atoms with Crippen molar-refractivity contribution in [1.82, 2.24) is 15.5 Å². The number of carbonyl (C=O) groups excluding carboxylic acids is 2. The van der Waals surface area contributed by atoms with Gasteiger partial charge in [0, 0.05) is 17.1 Å². The Kier molecular flexibility index (Phi) is 5.40. The SMILES string of the molecule is O=C(C=Cc1ccccc1)NC(CO)C(=O)Nc1ccc2cn[nH]c2c1. The van der Waals surface area contributed by atoms with Crippen LogP contribution in [0.5, 0.6) is 0 Å². The van der Waals surface area contributed by atoms with Crippen LogP contribution in [0, 0.1) is 0 Å². The van der Waals surface area contributed by atoms with Crippen LogP contribution in [0.4, 0.5) is 5.69 Å². The third kappa shape index (κ3) is 4.34. The first-order chi connectivity index (χ1) is 12.7. The van der Waals surface area contributed by atoms with E-state index in [1.165, 1.54) is 6.08 Å². The molecule has 0 bridgehead atoms. The van der Waals surface area contributed by atoms with E-state index >= 15 is 0 Å². The molecule has 132 valence electrons. The Morgan fingerprint density at radius 2 is 2.00 bits per heavy atom. The fourth-order valence-corrected chi connectivity index (χ4v) is 2.39. The van der Waals surface area contributed by atoms with Crippen molar-refractivity contribution < 1.29 is 14.7 Å². The second-order valence-electron chi connectivity index (χ2n) is 5.65. The van der Waals surface area contributed by atoms with Crippen LogP contribution in [0.25, 0.3) is 17.0 Å². The van der Waals surface area contributed by atoms with E-state index in [0.717, 1.165) is 16.5 Å². The Labute approximate surface area is 149 Å². The fourth-order valence-electron chi connectivity index (χ4n) is 2.39. The number of aromatic nitrogens is 2. The zero-order chi connectivity index (χ0) is 18.4. The van der Waals surface area contributed by atoms with Crippen molar-refractivity contribution in [3.05, 3.63) is 66.4 Å². The molecule has 0 spiro atoms. The first-order valence-corrected chi connectivity index (χ1v) is 8.04. The summed E-state index contributed by atoms with van der Waals surface area (Å²) in [5.41, 5.74) is 2.18. The van der Waals surface area contributed by atoms with Crippen molar-refractivity contribution in [1.29, 1.82) is 0 Å². The summed E-state index contributed by atoms with van der Waals surface area (Å²) in [6, 6.07) is 13.5. The van der Waals surface area contributed by atoms with Crippen LogP contribution in [-0.4, -0.2) is 39.8 Å². The van der Waals surface area contributed by atoms with Crippen molar-refractivity contribution in [2.45, 2.75) is 6.04 Å². The molecule has 7 heteroatoms. The quantitative estimate of drug-likeness (QED) is 0.508. The summed E-state index contributed by atoms with van der Waals surface area (Å²) in [5, 5.41) is 22.2. The number of carbonyl (C=O) groups is 2. The molecule has 0 aliphatic heterocycles. The largest absolute Gasteiger partial charge is 0.394 e. The molecule has 0 radical (unpaired) electrons. The molecule has 3 rings (SSSR count). The number of hydrogen-bond donors (Lipinski definition) is 4. The van der Waals surface area contributed by atoms with E-state index in [-0.39, 0.29) is 0 Å². The number of aliphatic hydroxyl groups excluding tert-OH is 1. The summed E-state index contributed by atoms with van der Waals surface area (Å²) < 4.78 is 0. The Morgan fingerprint density at radius 3 is 2.77 bits per heavy atom. The predicted octanol–water partition coefficient (Wildman–Crippen LogP) is 1.69. The minimum absolute atomic E-state index is 0.466. The number of H-pyrrole nitrogens is 1. The van der Waals surface area contributed by atoms with Gasteiger partial charge in [-0.05, 0) is 29.8 Å². The summed E-state index contributed by atoms with van der Waals surface area (Å²) in [4.78, 5) is 24.3. The molecule has 0 aliphatic carbocycles. The third-order valence-corrected chi connectivity index (χ3v) is 3.75. The number of anilines is 1. The zero-order valence-corrected chi connectivity index (χ0v) is 13.8. The molecule has 1 atom stereocenters. The van der Waals surface area contributed by atoms with Gasteiger partial charge in [0.15, 0.2) is 0 Å². The smallest absolute Gasteiger partial charge is 0.249 e. The average molecular weight is 350 g/mol. The molecule has 2 amide bonds. The summed E-state index contributed by atoms with van der Waals surface area (Å²) in [6.45, 7) is -0.511. The highest BCUT2D eigenvalue weighted by Gasteiger charge is 2.19. The molecule has 7 nitrogen and oxygen atoms in total. The molecule has 1 aromatic heterocycles. The number of fused-ring (bicyclic) bond motifs is 1. The van der Waals surface area contributed by atoms with E-state index in [9.17, 15) is 14.7 Å². The maximum Gasteiger partial charge on any atom is 0.249 e. The van der Waals surface area contributed by atoms with Crippen molar-refractivity contribution in [3.63, 3.8) is 0 Å². The number of rotatable bonds is 6. The topological polar surface area (TPSA) is 107 Å². The minimum atomic E-state index is -1.06. The van der Waals surface area contributed by atoms with Crippen LogP contribution in [0.3, 0.4) is 0 Å². The van der Waals surface area contributed by atoms with E-state index in [1.807, 2.05) is 36.4 Å². The minimum Gasteiger partial charge on any atom is -0.394 e. The Hall–Kier alpha value is -3.45. The van der Waals surface area contributed by atoms with Gasteiger partial charge in [-0.15, -0.1) is 0 Å². The van der Waals surface area contributed by atoms with Gasteiger partial charge in [0.25, 0.3) is 0 Å². The van der Waals surface area contributed by atoms with Gasteiger partial charge in [-0.1, -0.05) is 30.3 Å². The zero-order valence-electron chi connectivity index (χ0n) is 13.8. The van der Waals surface area contributed by atoms with Crippen molar-refractivity contribution in [3.8, 4) is 0 Å². The molecule has 4 N–H and O–H groups in total. The second-order valence-corrected chi connectivity index (χ2v) is 5.65. The lowest BCUT2D eigenvalue weighted by atomic mass is 10.2. The maximum atomic E-state index is 12.3. The summed E-state index contributed by atoms with van der Waals surface area (Å²) in [7, 11) is 0. The van der Waals surface area contributed by atoms with E-state index in [2.05, 4.69) is 20.8 Å². The molecule has 0 saturated carbocycles. The van der Waals surface area contributed by atoms with Gasteiger partial charge >= 0.3 is 0 Å². The van der Waals surface area contributed by atoms with Crippen molar-refractivity contribution in [2.75, 3.05) is 11.9 Å². The third-order valence-electron chi connectivity index (χ3n) is 3.75. The Bertz CT molecular complexity index is 934. The van der Waals surface area contributed by atoms with Gasteiger partial charge in [-0.25, -0.2) is 0 Å². The molecule has 1 unspecified atom stereocenters. The molecule has 0 fully saturated rings. The van der Waals surface area contributed by atoms with Crippen LogP contribution in [-0.2, 0) is 9.59 Å². The van der Waals surface area contributed by atoms with E-state index in [4.69, 9.17) is 0 Å². The summed E-state index contributed by atoms with van der Waals surface area (Å²) in [6.07, 6.45) is 4.63. The van der Waals surface area contributed by atoms with Gasteiger partial charge < -0.3 is 15.7 Å². The first-order valence-electron chi connectivity index (χ1n) is 8.04. The fraction of sp³-hybridized carbons (Fsp3) is 0.105. The average Bonchev–Trinajstić information content (AvgIpc) is 3.13. The molecule has 0 aliphatic rings. The highest BCUT2D eigenvalue weighted by atomic mass is 16.3. The van der Waals surface area contributed by atoms with E-state index in [1.54, 1.807) is 24.4 Å². The molecule has 3 aromatic rings. The lowest BCUT2D eigenvalue weighted by molar-refractivity contribution is -0.124. The monoisotopic (exact) mass is 350 g/mol. The Morgan fingerprint density at radius 1 is 1.19 bits per heavy atom. The molecule has 1 heterocycles. The number of aromatic amines is 1. The van der Waals surface area contributed by atoms with Gasteiger partial charge in [0.2, 0.25) is 11.8 Å². The normalized spacial score (nSPS) is 12.2.